The Labute approximate surface area is 158 Å². The van der Waals surface area contributed by atoms with E-state index < -0.39 is 5.92 Å². The molecule has 2 amide bonds. The van der Waals surface area contributed by atoms with Crippen LogP contribution in [0.4, 0.5) is 5.69 Å². The second kappa shape index (κ2) is 7.37. The van der Waals surface area contributed by atoms with Gasteiger partial charge in [-0.2, -0.15) is 20.2 Å². The van der Waals surface area contributed by atoms with Gasteiger partial charge in [0.15, 0.2) is 0 Å². The molecule has 0 aromatic heterocycles. The molecule has 0 saturated heterocycles. The van der Waals surface area contributed by atoms with Gasteiger partial charge in [-0.3, -0.25) is 9.59 Å². The number of nitrogens with zero attached hydrogens (tertiary/aromatic N) is 4. The molecule has 0 radical (unpaired) electrons. The molecular weight excluding hydrogens is 340 g/mol. The van der Waals surface area contributed by atoms with Crippen LogP contribution in [0.15, 0.2) is 89.3 Å². The van der Waals surface area contributed by atoms with Crippen molar-refractivity contribution in [3.8, 4) is 0 Å². The van der Waals surface area contributed by atoms with E-state index in [0.717, 1.165) is 0 Å². The molecule has 0 bridgehead atoms. The molecule has 27 heavy (non-hydrogen) atoms. The van der Waals surface area contributed by atoms with Crippen LogP contribution < -0.4 is 5.01 Å². The fourth-order valence-electron chi connectivity index (χ4n) is 2.92. The van der Waals surface area contributed by atoms with Gasteiger partial charge in [-0.25, -0.2) is 0 Å². The minimum atomic E-state index is -0.607. The topological polar surface area (TPSA) is 65.3 Å². The van der Waals surface area contributed by atoms with E-state index in [4.69, 9.17) is 0 Å². The average Bonchev–Trinajstić information content (AvgIpc) is 3.11. The number of hydrazone groups is 2. The zero-order chi connectivity index (χ0) is 19.6. The van der Waals surface area contributed by atoms with Gasteiger partial charge in [-0.15, -0.1) is 0 Å². The first-order chi connectivity index (χ1) is 13.0. The summed E-state index contributed by atoms with van der Waals surface area (Å²) in [6, 6.07) is 9.19. The summed E-state index contributed by atoms with van der Waals surface area (Å²) in [6.45, 7) is 10.8. The van der Waals surface area contributed by atoms with Crippen molar-refractivity contribution in [1.82, 2.24) is 5.01 Å². The summed E-state index contributed by atoms with van der Waals surface area (Å²) in [6.07, 6.45) is 6.38. The molecule has 136 valence electrons. The van der Waals surface area contributed by atoms with E-state index >= 15 is 0 Å². The van der Waals surface area contributed by atoms with Gasteiger partial charge in [-0.1, -0.05) is 43.5 Å². The van der Waals surface area contributed by atoms with Crippen LogP contribution in [0.5, 0.6) is 0 Å². The summed E-state index contributed by atoms with van der Waals surface area (Å²) in [5.74, 6) is -1.11. The van der Waals surface area contributed by atoms with Crippen LogP contribution in [0.25, 0.3) is 0 Å². The van der Waals surface area contributed by atoms with Crippen LogP contribution in [0.2, 0.25) is 0 Å². The van der Waals surface area contributed by atoms with Crippen LogP contribution in [0.1, 0.15) is 13.8 Å². The number of carbonyl (C=O) groups is 2. The highest BCUT2D eigenvalue weighted by molar-refractivity contribution is 6.26. The lowest BCUT2D eigenvalue weighted by atomic mass is 9.98. The molecule has 2 aliphatic heterocycles. The summed E-state index contributed by atoms with van der Waals surface area (Å²) in [7, 11) is 0. The largest absolute Gasteiger partial charge is 0.280 e. The van der Waals surface area contributed by atoms with Crippen molar-refractivity contribution in [3.63, 3.8) is 0 Å². The molecule has 6 heteroatoms. The van der Waals surface area contributed by atoms with Gasteiger partial charge in [0.1, 0.15) is 0 Å². The lowest BCUT2D eigenvalue weighted by molar-refractivity contribution is -0.123. The molecule has 6 nitrogen and oxygen atoms in total. The van der Waals surface area contributed by atoms with Gasteiger partial charge in [0, 0.05) is 0 Å². The predicted octanol–water partition coefficient (Wildman–Crippen LogP) is 3.43. The Morgan fingerprint density at radius 3 is 2.44 bits per heavy atom. The first-order valence-corrected chi connectivity index (χ1v) is 8.49. The number of para-hydroxylation sites is 1. The Morgan fingerprint density at radius 2 is 1.81 bits per heavy atom. The van der Waals surface area contributed by atoms with E-state index in [1.807, 2.05) is 30.3 Å². The van der Waals surface area contributed by atoms with Crippen molar-refractivity contribution in [2.45, 2.75) is 13.8 Å². The number of benzene rings is 1. The molecule has 1 unspecified atom stereocenters. The highest BCUT2D eigenvalue weighted by Crippen LogP contribution is 2.28. The second-order valence-corrected chi connectivity index (χ2v) is 6.12. The van der Waals surface area contributed by atoms with E-state index in [-0.39, 0.29) is 11.8 Å². The van der Waals surface area contributed by atoms with Crippen LogP contribution in [-0.2, 0) is 9.59 Å². The van der Waals surface area contributed by atoms with Crippen molar-refractivity contribution in [2.24, 2.45) is 16.1 Å². The summed E-state index contributed by atoms with van der Waals surface area (Å²) in [4.78, 5) is 25.7. The maximum Gasteiger partial charge on any atom is 0.280 e. The Kier molecular flexibility index (Phi) is 4.98. The second-order valence-electron chi connectivity index (χ2n) is 6.12. The minimum absolute atomic E-state index is 0.198. The molecule has 2 heterocycles. The minimum Gasteiger partial charge on any atom is -0.271 e. The number of rotatable bonds is 5. The standard InChI is InChI=1S/C21H20N4O2/c1-5-10-16(6-2)24-20(26)18(14(3)22-24)13-19-15(4)23-25(21(19)27)17-11-8-7-9-12-17/h5-13,19H,1-2H2,3-4H3/b16-10+,18-13+. The van der Waals surface area contributed by atoms with Crippen molar-refractivity contribution in [1.29, 1.82) is 0 Å². The lowest BCUT2D eigenvalue weighted by Gasteiger charge is -2.13. The Bertz CT molecular complexity index is 938. The molecule has 2 aliphatic rings. The van der Waals surface area contributed by atoms with Gasteiger partial charge < -0.3 is 0 Å². The van der Waals surface area contributed by atoms with Gasteiger partial charge in [0.05, 0.1) is 34.3 Å². The molecule has 0 spiro atoms. The third-order valence-corrected chi connectivity index (χ3v) is 4.32. The van der Waals surface area contributed by atoms with E-state index in [1.165, 1.54) is 16.1 Å². The summed E-state index contributed by atoms with van der Waals surface area (Å²) >= 11 is 0. The monoisotopic (exact) mass is 360 g/mol. The molecular formula is C21H20N4O2. The van der Waals surface area contributed by atoms with Gasteiger partial charge >= 0.3 is 0 Å². The van der Waals surface area contributed by atoms with E-state index in [9.17, 15) is 9.59 Å². The number of hydrogen-bond acceptors (Lipinski definition) is 4. The lowest BCUT2D eigenvalue weighted by Crippen LogP contribution is -2.27. The Hall–Kier alpha value is -3.54. The highest BCUT2D eigenvalue weighted by atomic mass is 16.2. The van der Waals surface area contributed by atoms with Gasteiger partial charge in [-0.05, 0) is 38.1 Å². The number of anilines is 1. The zero-order valence-corrected chi connectivity index (χ0v) is 15.3. The molecule has 0 aliphatic carbocycles. The summed E-state index contributed by atoms with van der Waals surface area (Å²) < 4.78 is 0. The fraction of sp³-hybridized carbons (Fsp3) is 0.143. The Balaban J connectivity index is 1.90. The molecule has 0 saturated carbocycles. The maximum absolute atomic E-state index is 12.9. The first-order valence-electron chi connectivity index (χ1n) is 8.49. The number of hydrogen-bond donors (Lipinski definition) is 0. The molecule has 0 N–H and O–H groups in total. The highest BCUT2D eigenvalue weighted by Gasteiger charge is 2.36. The van der Waals surface area contributed by atoms with Crippen LogP contribution in [0, 0.1) is 5.92 Å². The first kappa shape index (κ1) is 18.3. The van der Waals surface area contributed by atoms with Gasteiger partial charge in [0.2, 0.25) is 0 Å². The number of carbonyl (C=O) groups excluding carboxylic acids is 2. The third-order valence-electron chi connectivity index (χ3n) is 4.32. The molecule has 0 fully saturated rings. The molecule has 1 atom stereocenters. The van der Waals surface area contributed by atoms with Gasteiger partial charge in [0.25, 0.3) is 11.8 Å². The van der Waals surface area contributed by atoms with Crippen molar-refractivity contribution < 1.29 is 9.59 Å². The molecule has 1 aromatic rings. The fourth-order valence-corrected chi connectivity index (χ4v) is 2.92. The predicted molar refractivity (Wildman–Crippen MR) is 107 cm³/mol. The average molecular weight is 360 g/mol. The zero-order valence-electron chi connectivity index (χ0n) is 15.3. The van der Waals surface area contributed by atoms with E-state index in [1.54, 1.807) is 32.1 Å². The van der Waals surface area contributed by atoms with E-state index in [2.05, 4.69) is 23.4 Å². The van der Waals surface area contributed by atoms with Crippen molar-refractivity contribution in [3.05, 3.63) is 79.1 Å². The summed E-state index contributed by atoms with van der Waals surface area (Å²) in [5, 5.41) is 11.3. The van der Waals surface area contributed by atoms with Crippen LogP contribution >= 0.6 is 0 Å². The quantitative estimate of drug-likeness (QED) is 0.596. The van der Waals surface area contributed by atoms with Crippen LogP contribution in [-0.4, -0.2) is 28.2 Å². The maximum atomic E-state index is 12.9. The molecule has 1 aromatic carbocycles. The van der Waals surface area contributed by atoms with Crippen LogP contribution in [0.3, 0.4) is 0 Å². The SMILES string of the molecule is C=C/C=C(\C=C)N1N=C(C)/C(=C\C2C(=O)N(c3ccccc3)N=C2C)C1=O. The number of amides is 2. The number of allylic oxidation sites excluding steroid dienone is 3. The molecule has 3 rings (SSSR count). The van der Waals surface area contributed by atoms with Crippen molar-refractivity contribution >= 4 is 28.9 Å². The third kappa shape index (κ3) is 3.29. The summed E-state index contributed by atoms with van der Waals surface area (Å²) in [5.41, 5.74) is 2.76. The van der Waals surface area contributed by atoms with E-state index in [0.29, 0.717) is 28.4 Å². The smallest absolute Gasteiger partial charge is 0.271 e. The normalized spacial score (nSPS) is 21.6. The Morgan fingerprint density at radius 1 is 1.11 bits per heavy atom. The van der Waals surface area contributed by atoms with Crippen molar-refractivity contribution in [2.75, 3.05) is 5.01 Å².